The van der Waals surface area contributed by atoms with Crippen molar-refractivity contribution in [1.82, 2.24) is 5.32 Å². The van der Waals surface area contributed by atoms with Gasteiger partial charge in [-0.2, -0.15) is 0 Å². The van der Waals surface area contributed by atoms with Gasteiger partial charge in [-0.25, -0.2) is 8.42 Å². The summed E-state index contributed by atoms with van der Waals surface area (Å²) < 4.78 is 22.5. The maximum atomic E-state index is 11.3. The van der Waals surface area contributed by atoms with E-state index in [2.05, 4.69) is 5.32 Å². The maximum absolute atomic E-state index is 11.3. The van der Waals surface area contributed by atoms with E-state index in [0.717, 1.165) is 5.56 Å². The third kappa shape index (κ3) is 6.56. The number of carbonyl (C=O) groups is 2. The first-order chi connectivity index (χ1) is 8.89. The van der Waals surface area contributed by atoms with Gasteiger partial charge in [0.05, 0.1) is 0 Å². The fraction of sp³-hybridized carbons (Fsp3) is 0.333. The van der Waals surface area contributed by atoms with Crippen LogP contribution in [-0.4, -0.2) is 43.5 Å². The van der Waals surface area contributed by atoms with Gasteiger partial charge >= 0.3 is 5.97 Å². The van der Waals surface area contributed by atoms with E-state index in [4.69, 9.17) is 5.11 Å². The van der Waals surface area contributed by atoms with Gasteiger partial charge in [0, 0.05) is 6.54 Å². The zero-order chi connectivity index (χ0) is 14.3. The summed E-state index contributed by atoms with van der Waals surface area (Å²) in [5, 5.41) is 10.8. The van der Waals surface area contributed by atoms with Crippen LogP contribution in [0.25, 0.3) is 0 Å². The summed E-state index contributed by atoms with van der Waals surface area (Å²) in [5.74, 6) is -3.97. The summed E-state index contributed by atoms with van der Waals surface area (Å²) in [6.45, 7) is 0.311. The van der Waals surface area contributed by atoms with Crippen LogP contribution in [0.5, 0.6) is 0 Å². The van der Waals surface area contributed by atoms with Gasteiger partial charge in [-0.15, -0.1) is 0 Å². The van der Waals surface area contributed by atoms with Gasteiger partial charge in [0.25, 0.3) is 0 Å². The summed E-state index contributed by atoms with van der Waals surface area (Å²) >= 11 is 0. The molecule has 0 bridgehead atoms. The molecular weight excluding hydrogens is 270 g/mol. The molecule has 0 spiro atoms. The van der Waals surface area contributed by atoms with Crippen molar-refractivity contribution in [3.63, 3.8) is 0 Å². The molecule has 1 rings (SSSR count). The van der Waals surface area contributed by atoms with Crippen LogP contribution in [0.3, 0.4) is 0 Å². The first kappa shape index (κ1) is 15.2. The Morgan fingerprint density at radius 3 is 2.32 bits per heavy atom. The molecule has 1 aromatic carbocycles. The fourth-order valence-corrected chi connectivity index (χ4v) is 2.46. The Morgan fingerprint density at radius 2 is 1.74 bits per heavy atom. The molecule has 19 heavy (non-hydrogen) atoms. The van der Waals surface area contributed by atoms with E-state index in [1.807, 2.05) is 30.3 Å². The molecule has 0 aliphatic carbocycles. The van der Waals surface area contributed by atoms with Crippen LogP contribution < -0.4 is 5.32 Å². The van der Waals surface area contributed by atoms with Crippen molar-refractivity contribution < 1.29 is 23.1 Å². The zero-order valence-electron chi connectivity index (χ0n) is 10.2. The molecule has 0 saturated carbocycles. The van der Waals surface area contributed by atoms with E-state index in [1.54, 1.807) is 0 Å². The van der Waals surface area contributed by atoms with E-state index in [0.29, 0.717) is 13.0 Å². The number of rotatable bonds is 7. The Labute approximate surface area is 111 Å². The Hall–Kier alpha value is -1.89. The highest BCUT2D eigenvalue weighted by Crippen LogP contribution is 1.98. The number of nitrogens with one attached hydrogen (secondary N) is 1. The largest absolute Gasteiger partial charge is 0.480 e. The number of amides is 1. The van der Waals surface area contributed by atoms with Gasteiger partial charge in [0.15, 0.2) is 9.84 Å². The van der Waals surface area contributed by atoms with E-state index >= 15 is 0 Å². The number of carboxylic acid groups (broad SMARTS) is 1. The van der Waals surface area contributed by atoms with Gasteiger partial charge in [-0.1, -0.05) is 30.3 Å². The Morgan fingerprint density at radius 1 is 1.11 bits per heavy atom. The number of hydrogen-bond donors (Lipinski definition) is 2. The van der Waals surface area contributed by atoms with Gasteiger partial charge in [0.1, 0.15) is 11.5 Å². The topological polar surface area (TPSA) is 101 Å². The van der Waals surface area contributed by atoms with Crippen molar-refractivity contribution in [3.8, 4) is 0 Å². The summed E-state index contributed by atoms with van der Waals surface area (Å²) in [5.41, 5.74) is 1.02. The summed E-state index contributed by atoms with van der Waals surface area (Å²) in [4.78, 5) is 21.6. The van der Waals surface area contributed by atoms with Crippen LogP contribution in [0.2, 0.25) is 0 Å². The molecule has 0 unspecified atom stereocenters. The molecular formula is C12H15NO5S. The van der Waals surface area contributed by atoms with Crippen molar-refractivity contribution in [2.45, 2.75) is 6.42 Å². The van der Waals surface area contributed by atoms with E-state index in [1.165, 1.54) is 0 Å². The SMILES string of the molecule is O=C(O)CS(=O)(=O)CC(=O)NCCc1ccccc1. The zero-order valence-corrected chi connectivity index (χ0v) is 11.0. The van der Waals surface area contributed by atoms with Gasteiger partial charge < -0.3 is 10.4 Å². The third-order valence-corrected chi connectivity index (χ3v) is 3.66. The molecule has 0 saturated heterocycles. The minimum Gasteiger partial charge on any atom is -0.480 e. The second-order valence-corrected chi connectivity index (χ2v) is 6.08. The van der Waals surface area contributed by atoms with E-state index < -0.39 is 33.2 Å². The van der Waals surface area contributed by atoms with Crippen molar-refractivity contribution in [3.05, 3.63) is 35.9 Å². The molecule has 0 aromatic heterocycles. The van der Waals surface area contributed by atoms with E-state index in [-0.39, 0.29) is 0 Å². The Bertz CT molecular complexity index is 538. The molecule has 104 valence electrons. The predicted octanol–water partition coefficient (Wildman–Crippen LogP) is -0.155. The van der Waals surface area contributed by atoms with Crippen molar-refractivity contribution in [2.24, 2.45) is 0 Å². The molecule has 0 heterocycles. The van der Waals surface area contributed by atoms with Crippen LogP contribution in [0, 0.1) is 0 Å². The van der Waals surface area contributed by atoms with Crippen molar-refractivity contribution in [2.75, 3.05) is 18.1 Å². The number of aliphatic carboxylic acids is 1. The minimum atomic E-state index is -3.89. The molecule has 0 atom stereocenters. The lowest BCUT2D eigenvalue weighted by Gasteiger charge is -2.05. The highest BCUT2D eigenvalue weighted by atomic mass is 32.2. The number of carbonyl (C=O) groups excluding carboxylic acids is 1. The molecule has 1 aromatic rings. The molecule has 0 aliphatic rings. The highest BCUT2D eigenvalue weighted by molar-refractivity contribution is 7.92. The second-order valence-electron chi connectivity index (χ2n) is 4.01. The summed E-state index contributed by atoms with van der Waals surface area (Å²) in [6, 6.07) is 9.41. The smallest absolute Gasteiger partial charge is 0.318 e. The van der Waals surface area contributed by atoms with Crippen LogP contribution >= 0.6 is 0 Å². The average Bonchev–Trinajstić information content (AvgIpc) is 2.27. The Balaban J connectivity index is 2.34. The van der Waals surface area contributed by atoms with Crippen LogP contribution in [0.15, 0.2) is 30.3 Å². The maximum Gasteiger partial charge on any atom is 0.318 e. The van der Waals surface area contributed by atoms with Crippen molar-refractivity contribution >= 4 is 21.7 Å². The first-order valence-corrected chi connectivity index (χ1v) is 7.44. The number of sulfone groups is 1. The van der Waals surface area contributed by atoms with Gasteiger partial charge in [-0.05, 0) is 12.0 Å². The quantitative estimate of drug-likeness (QED) is 0.725. The minimum absolute atomic E-state index is 0.311. The number of hydrogen-bond acceptors (Lipinski definition) is 4. The normalized spacial score (nSPS) is 10.9. The molecule has 0 aliphatic heterocycles. The van der Waals surface area contributed by atoms with Crippen molar-refractivity contribution in [1.29, 1.82) is 0 Å². The number of carboxylic acids is 1. The summed E-state index contributed by atoms with van der Waals surface area (Å²) in [6.07, 6.45) is 0.589. The Kier molecular flexibility index (Phi) is 5.50. The lowest BCUT2D eigenvalue weighted by atomic mass is 10.1. The van der Waals surface area contributed by atoms with Crippen LogP contribution in [-0.2, 0) is 25.8 Å². The van der Waals surface area contributed by atoms with Gasteiger partial charge in [-0.3, -0.25) is 9.59 Å². The van der Waals surface area contributed by atoms with Gasteiger partial charge in [0.2, 0.25) is 5.91 Å². The molecule has 0 fully saturated rings. The highest BCUT2D eigenvalue weighted by Gasteiger charge is 2.19. The second kappa shape index (κ2) is 6.89. The average molecular weight is 285 g/mol. The number of benzene rings is 1. The lowest BCUT2D eigenvalue weighted by molar-refractivity contribution is -0.134. The molecule has 6 nitrogen and oxygen atoms in total. The fourth-order valence-electron chi connectivity index (χ4n) is 1.48. The first-order valence-electron chi connectivity index (χ1n) is 5.62. The summed E-state index contributed by atoms with van der Waals surface area (Å²) in [7, 11) is -3.89. The van der Waals surface area contributed by atoms with Crippen LogP contribution in [0.1, 0.15) is 5.56 Å². The lowest BCUT2D eigenvalue weighted by Crippen LogP contribution is -2.33. The molecule has 7 heteroatoms. The molecule has 1 amide bonds. The standard InChI is InChI=1S/C12H15NO5S/c14-11(8-19(17,18)9-12(15)16)13-7-6-10-4-2-1-3-5-10/h1-5H,6-9H2,(H,13,14)(H,15,16). The van der Waals surface area contributed by atoms with E-state index in [9.17, 15) is 18.0 Å². The monoisotopic (exact) mass is 285 g/mol. The predicted molar refractivity (Wildman–Crippen MR) is 69.4 cm³/mol. The molecule has 2 N–H and O–H groups in total. The van der Waals surface area contributed by atoms with Crippen LogP contribution in [0.4, 0.5) is 0 Å². The molecule has 0 radical (unpaired) electrons. The third-order valence-electron chi connectivity index (χ3n) is 2.27.